The number of alkyl halides is 3. The van der Waals surface area contributed by atoms with Gasteiger partial charge in [0.05, 0.1) is 0 Å². The van der Waals surface area contributed by atoms with Crippen molar-refractivity contribution in [2.24, 2.45) is 0 Å². The number of fused-ring (bicyclic) bond motifs is 1. The zero-order valence-electron chi connectivity index (χ0n) is 15.5. The van der Waals surface area contributed by atoms with E-state index in [-0.39, 0.29) is 6.54 Å². The molecule has 2 aromatic heterocycles. The first kappa shape index (κ1) is 19.4. The van der Waals surface area contributed by atoms with E-state index in [1.165, 1.54) is 0 Å². The molecule has 0 spiro atoms. The van der Waals surface area contributed by atoms with E-state index in [0.29, 0.717) is 17.2 Å². The number of hydrogen-bond acceptors (Lipinski definition) is 4. The van der Waals surface area contributed by atoms with Crippen LogP contribution in [0.1, 0.15) is 5.56 Å². The monoisotopic (exact) mass is 411 g/mol. The van der Waals surface area contributed by atoms with Crippen LogP contribution in [0.4, 0.5) is 24.8 Å². The van der Waals surface area contributed by atoms with E-state index >= 15 is 0 Å². The smallest absolute Gasteiger partial charge is 0.344 e. The fourth-order valence-corrected chi connectivity index (χ4v) is 2.92. The minimum absolute atomic E-state index is 0.209. The summed E-state index contributed by atoms with van der Waals surface area (Å²) in [6.45, 7) is -0.209. The van der Waals surface area contributed by atoms with Crippen LogP contribution in [-0.2, 0) is 11.3 Å². The number of anilines is 2. The van der Waals surface area contributed by atoms with Crippen molar-refractivity contribution >= 4 is 23.2 Å². The number of para-hydroxylation sites is 1. The van der Waals surface area contributed by atoms with Crippen molar-refractivity contribution in [1.29, 1.82) is 0 Å². The molecule has 30 heavy (non-hydrogen) atoms. The summed E-state index contributed by atoms with van der Waals surface area (Å²) < 4.78 is 38.5. The molecule has 1 amide bonds. The van der Waals surface area contributed by atoms with E-state index in [1.807, 2.05) is 47.8 Å². The number of carbonyl (C=O) groups excluding carboxylic acids is 1. The number of nitrogens with zero attached hydrogens (tertiary/aromatic N) is 3. The number of carbonyl (C=O) groups is 1. The molecular formula is C21H16F3N5O. The van der Waals surface area contributed by atoms with Gasteiger partial charge in [0.2, 0.25) is 5.95 Å². The van der Waals surface area contributed by atoms with Crippen molar-refractivity contribution in [3.8, 4) is 11.1 Å². The van der Waals surface area contributed by atoms with Crippen LogP contribution < -0.4 is 10.6 Å². The third kappa shape index (κ3) is 4.24. The first-order valence-electron chi connectivity index (χ1n) is 9.02. The molecule has 9 heteroatoms. The molecule has 4 aromatic rings. The second-order valence-corrected chi connectivity index (χ2v) is 6.49. The highest BCUT2D eigenvalue weighted by molar-refractivity contribution is 5.81. The van der Waals surface area contributed by atoms with Gasteiger partial charge in [0.1, 0.15) is 0 Å². The predicted molar refractivity (Wildman–Crippen MR) is 106 cm³/mol. The predicted octanol–water partition coefficient (Wildman–Crippen LogP) is 4.32. The highest BCUT2D eigenvalue weighted by atomic mass is 19.4. The highest BCUT2D eigenvalue weighted by Gasteiger charge is 2.38. The fourth-order valence-electron chi connectivity index (χ4n) is 2.92. The number of benzene rings is 2. The molecule has 0 radical (unpaired) electrons. The van der Waals surface area contributed by atoms with E-state index in [9.17, 15) is 18.0 Å². The third-order valence-electron chi connectivity index (χ3n) is 4.37. The van der Waals surface area contributed by atoms with Crippen molar-refractivity contribution in [3.05, 3.63) is 78.5 Å². The summed E-state index contributed by atoms with van der Waals surface area (Å²) in [5, 5.41) is 9.43. The zero-order valence-corrected chi connectivity index (χ0v) is 15.5. The number of hydrogen-bond donors (Lipinski definition) is 2. The van der Waals surface area contributed by atoms with Crippen LogP contribution in [0.25, 0.3) is 16.8 Å². The largest absolute Gasteiger partial charge is 0.471 e. The van der Waals surface area contributed by atoms with Crippen LogP contribution in [0, 0.1) is 0 Å². The molecule has 2 heterocycles. The topological polar surface area (TPSA) is 71.3 Å². The average Bonchev–Trinajstić information content (AvgIpc) is 3.15. The van der Waals surface area contributed by atoms with Gasteiger partial charge in [0.25, 0.3) is 0 Å². The molecule has 0 aliphatic carbocycles. The van der Waals surface area contributed by atoms with Crippen molar-refractivity contribution in [1.82, 2.24) is 19.9 Å². The molecular weight excluding hydrogens is 395 g/mol. The van der Waals surface area contributed by atoms with Crippen molar-refractivity contribution in [3.63, 3.8) is 0 Å². The third-order valence-corrected chi connectivity index (χ3v) is 4.37. The molecule has 0 fully saturated rings. The Bertz CT molecular complexity index is 1170. The summed E-state index contributed by atoms with van der Waals surface area (Å²) in [6.07, 6.45) is -3.11. The summed E-state index contributed by atoms with van der Waals surface area (Å²) in [6, 6.07) is 20.1. The van der Waals surface area contributed by atoms with Gasteiger partial charge in [-0.2, -0.15) is 18.2 Å². The van der Waals surface area contributed by atoms with Crippen LogP contribution in [0.2, 0.25) is 0 Å². The Morgan fingerprint density at radius 3 is 2.40 bits per heavy atom. The van der Waals surface area contributed by atoms with E-state index < -0.39 is 12.1 Å². The second-order valence-electron chi connectivity index (χ2n) is 6.49. The highest BCUT2D eigenvalue weighted by Crippen LogP contribution is 2.25. The van der Waals surface area contributed by atoms with Gasteiger partial charge in [-0.3, -0.25) is 4.79 Å². The first-order valence-corrected chi connectivity index (χ1v) is 9.02. The van der Waals surface area contributed by atoms with Crippen LogP contribution in [0.15, 0.2) is 72.9 Å². The van der Waals surface area contributed by atoms with Gasteiger partial charge in [0, 0.05) is 24.0 Å². The van der Waals surface area contributed by atoms with Gasteiger partial charge in [-0.15, -0.1) is 5.10 Å². The zero-order chi connectivity index (χ0) is 21.1. The summed E-state index contributed by atoms with van der Waals surface area (Å²) in [7, 11) is 0. The number of nitrogens with one attached hydrogen (secondary N) is 2. The molecule has 0 aliphatic rings. The molecule has 2 N–H and O–H groups in total. The van der Waals surface area contributed by atoms with Crippen molar-refractivity contribution in [2.75, 3.05) is 5.32 Å². The average molecular weight is 411 g/mol. The summed E-state index contributed by atoms with van der Waals surface area (Å²) in [5.41, 5.74) is 3.69. The van der Waals surface area contributed by atoms with Crippen LogP contribution in [-0.4, -0.2) is 26.7 Å². The fraction of sp³-hybridized carbons (Fsp3) is 0.0952. The van der Waals surface area contributed by atoms with Gasteiger partial charge in [-0.05, 0) is 35.4 Å². The van der Waals surface area contributed by atoms with Gasteiger partial charge >= 0.3 is 12.1 Å². The number of amides is 1. The lowest BCUT2D eigenvalue weighted by molar-refractivity contribution is -0.173. The van der Waals surface area contributed by atoms with Crippen molar-refractivity contribution < 1.29 is 18.0 Å². The molecule has 2 aromatic carbocycles. The standard InChI is InChI=1S/C21H16F3N5O/c22-21(23,24)19(30)25-13-14-8-10-15(11-9-14)17-7-4-12-29-18(17)27-20(28-29)26-16-5-2-1-3-6-16/h1-12H,13H2,(H,25,30)(H,26,28). The van der Waals surface area contributed by atoms with E-state index in [2.05, 4.69) is 15.4 Å². The number of pyridine rings is 1. The lowest BCUT2D eigenvalue weighted by Crippen LogP contribution is -2.36. The van der Waals surface area contributed by atoms with E-state index in [1.54, 1.807) is 35.0 Å². The minimum atomic E-state index is -4.89. The maximum absolute atomic E-state index is 12.3. The molecule has 0 atom stereocenters. The molecule has 4 rings (SSSR count). The van der Waals surface area contributed by atoms with Crippen LogP contribution >= 0.6 is 0 Å². The second kappa shape index (κ2) is 7.86. The van der Waals surface area contributed by atoms with Gasteiger partial charge in [-0.25, -0.2) is 4.52 Å². The molecule has 0 saturated carbocycles. The maximum atomic E-state index is 12.3. The van der Waals surface area contributed by atoms with E-state index in [4.69, 9.17) is 0 Å². The SMILES string of the molecule is O=C(NCc1ccc(-c2cccn3nc(Nc4ccccc4)nc23)cc1)C(F)(F)F. The molecule has 6 nitrogen and oxygen atoms in total. The van der Waals surface area contributed by atoms with Gasteiger partial charge in [0.15, 0.2) is 5.65 Å². The van der Waals surface area contributed by atoms with Crippen LogP contribution in [0.5, 0.6) is 0 Å². The molecule has 0 unspecified atom stereocenters. The Kier molecular flexibility index (Phi) is 5.09. The first-order chi connectivity index (χ1) is 14.4. The van der Waals surface area contributed by atoms with Crippen molar-refractivity contribution in [2.45, 2.75) is 12.7 Å². The summed E-state index contributed by atoms with van der Waals surface area (Å²) >= 11 is 0. The minimum Gasteiger partial charge on any atom is -0.344 e. The molecule has 0 bridgehead atoms. The lowest BCUT2D eigenvalue weighted by Gasteiger charge is -2.09. The normalized spacial score (nSPS) is 11.4. The van der Waals surface area contributed by atoms with Crippen LogP contribution in [0.3, 0.4) is 0 Å². The molecule has 152 valence electrons. The van der Waals surface area contributed by atoms with Gasteiger partial charge in [-0.1, -0.05) is 42.5 Å². The van der Waals surface area contributed by atoms with Gasteiger partial charge < -0.3 is 10.6 Å². The Morgan fingerprint density at radius 1 is 0.967 bits per heavy atom. The summed E-state index contributed by atoms with van der Waals surface area (Å²) in [4.78, 5) is 15.5. The quantitative estimate of drug-likeness (QED) is 0.513. The molecule has 0 aliphatic heterocycles. The number of aromatic nitrogens is 3. The Balaban J connectivity index is 1.55. The maximum Gasteiger partial charge on any atom is 0.471 e. The summed E-state index contributed by atoms with van der Waals surface area (Å²) in [5.74, 6) is -1.52. The molecule has 0 saturated heterocycles. The Labute approximate surface area is 169 Å². The lowest BCUT2D eigenvalue weighted by atomic mass is 10.1. The van der Waals surface area contributed by atoms with E-state index in [0.717, 1.165) is 16.8 Å². The number of halogens is 3. The Hall–Kier alpha value is -3.88. The number of rotatable bonds is 5. The Morgan fingerprint density at radius 2 is 1.70 bits per heavy atom.